The summed E-state index contributed by atoms with van der Waals surface area (Å²) in [5.41, 5.74) is 1.04. The van der Waals surface area contributed by atoms with E-state index in [0.29, 0.717) is 6.54 Å². The number of nitrogens with one attached hydrogen (secondary N) is 1. The zero-order valence-electron chi connectivity index (χ0n) is 11.0. The SMILES string of the molecule is Fc1cccc(CNCc2ccc(OC(F)F)cc2)c1F. The highest BCUT2D eigenvalue weighted by Gasteiger charge is 2.07. The molecular formula is C15H13F4NO. The average Bonchev–Trinajstić information content (AvgIpc) is 2.45. The topological polar surface area (TPSA) is 21.3 Å². The van der Waals surface area contributed by atoms with Gasteiger partial charge in [0, 0.05) is 18.7 Å². The minimum absolute atomic E-state index is 0.0740. The number of rotatable bonds is 6. The fourth-order valence-electron chi connectivity index (χ4n) is 1.82. The van der Waals surface area contributed by atoms with Crippen LogP contribution < -0.4 is 10.1 Å². The second-order valence-corrected chi connectivity index (χ2v) is 4.34. The molecule has 0 unspecified atom stereocenters. The molecule has 112 valence electrons. The number of alkyl halides is 2. The van der Waals surface area contributed by atoms with Crippen LogP contribution in [0.4, 0.5) is 17.6 Å². The lowest BCUT2D eigenvalue weighted by atomic mass is 10.2. The number of ether oxygens (including phenoxy) is 1. The predicted molar refractivity (Wildman–Crippen MR) is 70.0 cm³/mol. The molecule has 1 N–H and O–H groups in total. The molecule has 0 saturated heterocycles. The summed E-state index contributed by atoms with van der Waals surface area (Å²) in [5, 5.41) is 2.95. The van der Waals surface area contributed by atoms with Crippen molar-refractivity contribution in [3.05, 3.63) is 65.2 Å². The van der Waals surface area contributed by atoms with Crippen molar-refractivity contribution in [3.8, 4) is 5.75 Å². The van der Waals surface area contributed by atoms with Crippen molar-refractivity contribution in [1.29, 1.82) is 0 Å². The first-order chi connectivity index (χ1) is 10.1. The summed E-state index contributed by atoms with van der Waals surface area (Å²) >= 11 is 0. The highest BCUT2D eigenvalue weighted by atomic mass is 19.3. The fraction of sp³-hybridized carbons (Fsp3) is 0.200. The molecule has 0 aliphatic heterocycles. The van der Waals surface area contributed by atoms with E-state index >= 15 is 0 Å². The van der Waals surface area contributed by atoms with Crippen LogP contribution in [-0.4, -0.2) is 6.61 Å². The van der Waals surface area contributed by atoms with E-state index in [1.54, 1.807) is 12.1 Å². The van der Waals surface area contributed by atoms with Gasteiger partial charge in [0.1, 0.15) is 5.75 Å². The van der Waals surface area contributed by atoms with Gasteiger partial charge in [0.15, 0.2) is 11.6 Å². The van der Waals surface area contributed by atoms with Crippen molar-refractivity contribution in [2.24, 2.45) is 0 Å². The Kier molecular flexibility index (Phi) is 5.16. The second kappa shape index (κ2) is 7.08. The number of hydrogen-bond donors (Lipinski definition) is 1. The van der Waals surface area contributed by atoms with Gasteiger partial charge >= 0.3 is 6.61 Å². The third-order valence-electron chi connectivity index (χ3n) is 2.82. The Balaban J connectivity index is 1.87. The van der Waals surface area contributed by atoms with Gasteiger partial charge in [-0.15, -0.1) is 0 Å². The molecule has 0 aromatic heterocycles. The maximum absolute atomic E-state index is 13.4. The highest BCUT2D eigenvalue weighted by Crippen LogP contribution is 2.15. The number of hydrogen-bond acceptors (Lipinski definition) is 2. The van der Waals surface area contributed by atoms with Crippen molar-refractivity contribution in [1.82, 2.24) is 5.32 Å². The summed E-state index contributed by atoms with van der Waals surface area (Å²) in [6.07, 6.45) is 0. The molecule has 0 spiro atoms. The number of benzene rings is 2. The molecule has 0 aliphatic rings. The Morgan fingerprint density at radius 1 is 0.952 bits per heavy atom. The minimum Gasteiger partial charge on any atom is -0.435 e. The van der Waals surface area contributed by atoms with Crippen LogP contribution in [0.2, 0.25) is 0 Å². The van der Waals surface area contributed by atoms with E-state index in [1.165, 1.54) is 24.3 Å². The third-order valence-corrected chi connectivity index (χ3v) is 2.82. The summed E-state index contributed by atoms with van der Waals surface area (Å²) in [4.78, 5) is 0. The molecule has 21 heavy (non-hydrogen) atoms. The lowest BCUT2D eigenvalue weighted by Crippen LogP contribution is -2.14. The molecular weight excluding hydrogens is 286 g/mol. The Hall–Kier alpha value is -2.08. The van der Waals surface area contributed by atoms with Crippen molar-refractivity contribution >= 4 is 0 Å². The van der Waals surface area contributed by atoms with Crippen LogP contribution in [0.5, 0.6) is 5.75 Å². The summed E-state index contributed by atoms with van der Waals surface area (Å²) in [7, 11) is 0. The molecule has 2 aromatic carbocycles. The maximum Gasteiger partial charge on any atom is 0.387 e. The summed E-state index contributed by atoms with van der Waals surface area (Å²) in [6.45, 7) is -2.30. The molecule has 0 bridgehead atoms. The largest absolute Gasteiger partial charge is 0.435 e. The van der Waals surface area contributed by atoms with E-state index in [4.69, 9.17) is 0 Å². The Bertz CT molecular complexity index is 587. The van der Waals surface area contributed by atoms with Gasteiger partial charge in [0.05, 0.1) is 0 Å². The molecule has 6 heteroatoms. The van der Waals surface area contributed by atoms with Crippen LogP contribution in [0.3, 0.4) is 0 Å². The Morgan fingerprint density at radius 3 is 2.33 bits per heavy atom. The standard InChI is InChI=1S/C15H13F4NO/c16-13-3-1-2-11(14(13)17)9-20-8-10-4-6-12(7-5-10)21-15(18)19/h1-7,15,20H,8-9H2. The van der Waals surface area contributed by atoms with Crippen molar-refractivity contribution in [2.45, 2.75) is 19.7 Å². The van der Waals surface area contributed by atoms with Crippen molar-refractivity contribution in [2.75, 3.05) is 0 Å². The molecule has 0 heterocycles. The molecule has 0 saturated carbocycles. The van der Waals surface area contributed by atoms with Gasteiger partial charge in [-0.3, -0.25) is 0 Å². The Morgan fingerprint density at radius 2 is 1.67 bits per heavy atom. The molecule has 0 fully saturated rings. The maximum atomic E-state index is 13.4. The van der Waals surface area contributed by atoms with Crippen LogP contribution in [-0.2, 0) is 13.1 Å². The Labute approximate surface area is 119 Å². The van der Waals surface area contributed by atoms with Crippen molar-refractivity contribution < 1.29 is 22.3 Å². The highest BCUT2D eigenvalue weighted by molar-refractivity contribution is 5.27. The van der Waals surface area contributed by atoms with Crippen molar-refractivity contribution in [3.63, 3.8) is 0 Å². The van der Waals surface area contributed by atoms with Crippen LogP contribution in [0.1, 0.15) is 11.1 Å². The summed E-state index contributed by atoms with van der Waals surface area (Å²) in [6, 6.07) is 10.1. The van der Waals surface area contributed by atoms with Crippen LogP contribution >= 0.6 is 0 Å². The van der Waals surface area contributed by atoms with Gasteiger partial charge in [-0.25, -0.2) is 8.78 Å². The quantitative estimate of drug-likeness (QED) is 0.818. The van der Waals surface area contributed by atoms with E-state index < -0.39 is 18.2 Å². The lowest BCUT2D eigenvalue weighted by Gasteiger charge is -2.08. The monoisotopic (exact) mass is 299 g/mol. The zero-order valence-corrected chi connectivity index (χ0v) is 11.0. The van der Waals surface area contributed by atoms with E-state index in [9.17, 15) is 17.6 Å². The van der Waals surface area contributed by atoms with Crippen LogP contribution in [0.25, 0.3) is 0 Å². The number of halogens is 4. The van der Waals surface area contributed by atoms with Gasteiger partial charge < -0.3 is 10.1 Å². The zero-order chi connectivity index (χ0) is 15.2. The minimum atomic E-state index is -2.86. The molecule has 0 radical (unpaired) electrons. The molecule has 0 amide bonds. The van der Waals surface area contributed by atoms with Gasteiger partial charge in [-0.2, -0.15) is 8.78 Å². The van der Waals surface area contributed by atoms with E-state index in [2.05, 4.69) is 10.1 Å². The second-order valence-electron chi connectivity index (χ2n) is 4.34. The van der Waals surface area contributed by atoms with E-state index in [0.717, 1.165) is 11.6 Å². The molecule has 0 atom stereocenters. The van der Waals surface area contributed by atoms with Gasteiger partial charge in [-0.05, 0) is 23.8 Å². The van der Waals surface area contributed by atoms with Gasteiger partial charge in [0.2, 0.25) is 0 Å². The predicted octanol–water partition coefficient (Wildman–Crippen LogP) is 3.86. The molecule has 2 rings (SSSR count). The summed E-state index contributed by atoms with van der Waals surface area (Å²) in [5.74, 6) is -1.68. The fourth-order valence-corrected chi connectivity index (χ4v) is 1.82. The average molecular weight is 299 g/mol. The van der Waals surface area contributed by atoms with Crippen LogP contribution in [0, 0.1) is 11.6 Å². The molecule has 2 nitrogen and oxygen atoms in total. The first-order valence-corrected chi connectivity index (χ1v) is 6.23. The lowest BCUT2D eigenvalue weighted by molar-refractivity contribution is -0.0498. The summed E-state index contributed by atoms with van der Waals surface area (Å²) < 4.78 is 54.6. The molecule has 0 aliphatic carbocycles. The molecule has 2 aromatic rings. The van der Waals surface area contributed by atoms with Gasteiger partial charge in [-0.1, -0.05) is 24.3 Å². The first-order valence-electron chi connectivity index (χ1n) is 6.23. The van der Waals surface area contributed by atoms with E-state index in [-0.39, 0.29) is 17.9 Å². The normalized spacial score (nSPS) is 10.9. The smallest absolute Gasteiger partial charge is 0.387 e. The third kappa shape index (κ3) is 4.46. The van der Waals surface area contributed by atoms with E-state index in [1.807, 2.05) is 0 Å². The first kappa shape index (κ1) is 15.3. The van der Waals surface area contributed by atoms with Gasteiger partial charge in [0.25, 0.3) is 0 Å². The van der Waals surface area contributed by atoms with Crippen LogP contribution in [0.15, 0.2) is 42.5 Å².